The van der Waals surface area contributed by atoms with E-state index in [2.05, 4.69) is 5.32 Å². The summed E-state index contributed by atoms with van der Waals surface area (Å²) in [5, 5.41) is 20.8. The van der Waals surface area contributed by atoms with Crippen LogP contribution >= 0.6 is 0 Å². The van der Waals surface area contributed by atoms with Crippen molar-refractivity contribution >= 4 is 12.2 Å². The van der Waals surface area contributed by atoms with E-state index in [1.54, 1.807) is 13.8 Å². The predicted octanol–water partition coefficient (Wildman–Crippen LogP) is -0.929. The van der Waals surface area contributed by atoms with Crippen LogP contribution < -0.4 is 5.32 Å². The van der Waals surface area contributed by atoms with Gasteiger partial charge in [0.25, 0.3) is 0 Å². The fraction of sp³-hybridized carbons (Fsp3) is 0.778. The van der Waals surface area contributed by atoms with Gasteiger partial charge in [-0.3, -0.25) is 4.79 Å². The molecule has 0 saturated carbocycles. The lowest BCUT2D eigenvalue weighted by Gasteiger charge is -2.26. The zero-order valence-electron chi connectivity index (χ0n) is 8.49. The number of aliphatic hydroxyl groups is 2. The van der Waals surface area contributed by atoms with Gasteiger partial charge in [0.15, 0.2) is 0 Å². The van der Waals surface area contributed by atoms with Crippen LogP contribution in [-0.2, 0) is 9.59 Å². The molecule has 1 amide bonds. The van der Waals surface area contributed by atoms with E-state index in [9.17, 15) is 14.7 Å². The molecular formula is C9H17NO4. The van der Waals surface area contributed by atoms with E-state index >= 15 is 0 Å². The summed E-state index contributed by atoms with van der Waals surface area (Å²) in [6, 6.07) is 0. The second-order valence-electron chi connectivity index (χ2n) is 3.80. The number of aliphatic hydroxyl groups excluding tert-OH is 2. The van der Waals surface area contributed by atoms with Crippen molar-refractivity contribution < 1.29 is 19.8 Å². The molecule has 0 aliphatic carbocycles. The number of hydrogen-bond acceptors (Lipinski definition) is 4. The Morgan fingerprint density at radius 2 is 2.14 bits per heavy atom. The summed E-state index contributed by atoms with van der Waals surface area (Å²) in [5.41, 5.74) is -0.870. The molecule has 0 aromatic heterocycles. The Labute approximate surface area is 83.1 Å². The monoisotopic (exact) mass is 203 g/mol. The van der Waals surface area contributed by atoms with E-state index in [-0.39, 0.29) is 19.6 Å². The third kappa shape index (κ3) is 3.85. The molecule has 0 aliphatic heterocycles. The van der Waals surface area contributed by atoms with E-state index in [1.807, 2.05) is 0 Å². The second kappa shape index (κ2) is 5.72. The molecule has 0 saturated heterocycles. The molecule has 0 heterocycles. The van der Waals surface area contributed by atoms with Gasteiger partial charge in [-0.1, -0.05) is 13.8 Å². The average Bonchev–Trinajstić information content (AvgIpc) is 2.17. The fourth-order valence-electron chi connectivity index (χ4n) is 0.792. The minimum Gasteiger partial charge on any atom is -0.396 e. The number of hydrogen-bond donors (Lipinski definition) is 3. The minimum atomic E-state index is -1.26. The summed E-state index contributed by atoms with van der Waals surface area (Å²) < 4.78 is 0. The minimum absolute atomic E-state index is 0.209. The molecule has 1 atom stereocenters. The van der Waals surface area contributed by atoms with Crippen molar-refractivity contribution in [1.82, 2.24) is 5.32 Å². The largest absolute Gasteiger partial charge is 0.396 e. The van der Waals surface area contributed by atoms with Crippen LogP contribution in [0.4, 0.5) is 0 Å². The zero-order valence-corrected chi connectivity index (χ0v) is 8.49. The Bertz CT molecular complexity index is 203. The summed E-state index contributed by atoms with van der Waals surface area (Å²) in [5.74, 6) is -0.564. The summed E-state index contributed by atoms with van der Waals surface area (Å²) in [6.45, 7) is 3.09. The van der Waals surface area contributed by atoms with Crippen LogP contribution in [0.3, 0.4) is 0 Å². The lowest BCUT2D eigenvalue weighted by molar-refractivity contribution is -0.137. The Kier molecular flexibility index (Phi) is 5.34. The summed E-state index contributed by atoms with van der Waals surface area (Å²) >= 11 is 0. The first-order valence-electron chi connectivity index (χ1n) is 4.46. The predicted molar refractivity (Wildman–Crippen MR) is 50.6 cm³/mol. The molecule has 14 heavy (non-hydrogen) atoms. The van der Waals surface area contributed by atoms with Crippen LogP contribution in [0.5, 0.6) is 0 Å². The van der Waals surface area contributed by atoms with Crippen molar-refractivity contribution in [2.45, 2.75) is 26.4 Å². The van der Waals surface area contributed by atoms with Crippen LogP contribution in [0, 0.1) is 5.41 Å². The molecule has 5 nitrogen and oxygen atoms in total. The van der Waals surface area contributed by atoms with E-state index in [1.165, 1.54) is 0 Å². The van der Waals surface area contributed by atoms with Gasteiger partial charge in [-0.05, 0) is 0 Å². The molecule has 0 bridgehead atoms. The Morgan fingerprint density at radius 3 is 2.57 bits per heavy atom. The second-order valence-corrected chi connectivity index (χ2v) is 3.80. The number of rotatable bonds is 6. The maximum absolute atomic E-state index is 11.2. The average molecular weight is 203 g/mol. The molecule has 0 aromatic carbocycles. The summed E-state index contributed by atoms with van der Waals surface area (Å²) in [6.07, 6.45) is -0.360. The Balaban J connectivity index is 4.05. The number of carbonyl (C=O) groups excluding carboxylic acids is 2. The van der Waals surface area contributed by atoms with Crippen molar-refractivity contribution in [2.75, 3.05) is 13.2 Å². The van der Waals surface area contributed by atoms with Crippen molar-refractivity contribution in [3.8, 4) is 0 Å². The van der Waals surface area contributed by atoms with E-state index in [0.717, 1.165) is 0 Å². The summed E-state index contributed by atoms with van der Waals surface area (Å²) in [4.78, 5) is 21.2. The van der Waals surface area contributed by atoms with Gasteiger partial charge in [-0.15, -0.1) is 0 Å². The van der Waals surface area contributed by atoms with Gasteiger partial charge in [0, 0.05) is 18.4 Å². The topological polar surface area (TPSA) is 86.6 Å². The van der Waals surface area contributed by atoms with E-state index in [0.29, 0.717) is 6.29 Å². The van der Waals surface area contributed by atoms with E-state index in [4.69, 9.17) is 5.11 Å². The highest BCUT2D eigenvalue weighted by atomic mass is 16.3. The van der Waals surface area contributed by atoms with Crippen LogP contribution in [0.2, 0.25) is 0 Å². The lowest BCUT2D eigenvalue weighted by Crippen LogP contribution is -2.45. The maximum atomic E-state index is 11.2. The Hall–Kier alpha value is -0.940. The number of carbonyl (C=O) groups is 2. The summed E-state index contributed by atoms with van der Waals surface area (Å²) in [7, 11) is 0. The Morgan fingerprint density at radius 1 is 1.57 bits per heavy atom. The van der Waals surface area contributed by atoms with Gasteiger partial charge >= 0.3 is 0 Å². The molecule has 0 fully saturated rings. The molecule has 3 N–H and O–H groups in total. The van der Waals surface area contributed by atoms with Crippen molar-refractivity contribution in [1.29, 1.82) is 0 Å². The molecule has 0 rings (SSSR count). The first-order chi connectivity index (χ1) is 6.45. The fourth-order valence-corrected chi connectivity index (χ4v) is 0.792. The van der Waals surface area contributed by atoms with Crippen molar-refractivity contribution in [3.05, 3.63) is 0 Å². The molecule has 0 aliphatic rings. The molecule has 82 valence electrons. The molecule has 0 unspecified atom stereocenters. The zero-order chi connectivity index (χ0) is 11.2. The molecule has 0 aromatic rings. The van der Waals surface area contributed by atoms with Gasteiger partial charge in [-0.2, -0.15) is 0 Å². The van der Waals surface area contributed by atoms with Crippen molar-refractivity contribution in [3.63, 3.8) is 0 Å². The number of amides is 1. The van der Waals surface area contributed by atoms with Gasteiger partial charge < -0.3 is 20.3 Å². The SMILES string of the molecule is CC(C)(CO)[C@@H](O)C(=O)NCCC=O. The quantitative estimate of drug-likeness (QED) is 0.384. The normalized spacial score (nSPS) is 13.4. The standard InChI is InChI=1S/C9H17NO4/c1-9(2,6-12)7(13)8(14)10-4-3-5-11/h5,7,12-13H,3-4,6H2,1-2H3,(H,10,14)/t7-/m0/s1. The maximum Gasteiger partial charge on any atom is 0.249 e. The highest BCUT2D eigenvalue weighted by Gasteiger charge is 2.32. The van der Waals surface area contributed by atoms with Crippen LogP contribution in [0.15, 0.2) is 0 Å². The molecular weight excluding hydrogens is 186 g/mol. The first kappa shape index (κ1) is 13.1. The van der Waals surface area contributed by atoms with Gasteiger partial charge in [0.05, 0.1) is 6.61 Å². The van der Waals surface area contributed by atoms with Gasteiger partial charge in [0.2, 0.25) is 5.91 Å². The number of aldehydes is 1. The van der Waals surface area contributed by atoms with E-state index < -0.39 is 17.4 Å². The van der Waals surface area contributed by atoms with Crippen LogP contribution in [0.25, 0.3) is 0 Å². The van der Waals surface area contributed by atoms with Gasteiger partial charge in [-0.25, -0.2) is 0 Å². The third-order valence-electron chi connectivity index (χ3n) is 1.96. The lowest BCUT2D eigenvalue weighted by atomic mass is 9.87. The van der Waals surface area contributed by atoms with Crippen LogP contribution in [0.1, 0.15) is 20.3 Å². The highest BCUT2D eigenvalue weighted by molar-refractivity contribution is 5.81. The number of nitrogens with one attached hydrogen (secondary N) is 1. The molecule has 0 radical (unpaired) electrons. The van der Waals surface area contributed by atoms with Crippen molar-refractivity contribution in [2.24, 2.45) is 5.41 Å². The molecule has 5 heteroatoms. The molecule has 0 spiro atoms. The third-order valence-corrected chi connectivity index (χ3v) is 1.96. The van der Waals surface area contributed by atoms with Gasteiger partial charge in [0.1, 0.15) is 12.4 Å². The first-order valence-corrected chi connectivity index (χ1v) is 4.46. The smallest absolute Gasteiger partial charge is 0.249 e. The highest BCUT2D eigenvalue weighted by Crippen LogP contribution is 2.19. The van der Waals surface area contributed by atoms with Crippen LogP contribution in [-0.4, -0.2) is 41.7 Å².